The van der Waals surface area contributed by atoms with Crippen LogP contribution in [0.3, 0.4) is 0 Å². The van der Waals surface area contributed by atoms with Crippen molar-refractivity contribution < 1.29 is 0 Å². The highest BCUT2D eigenvalue weighted by atomic mass is 32.1. The third kappa shape index (κ3) is 2.57. The number of rotatable bonds is 5. The lowest BCUT2D eigenvalue weighted by atomic mass is 10.2. The lowest BCUT2D eigenvalue weighted by Gasteiger charge is -2.08. The third-order valence-electron chi connectivity index (χ3n) is 2.80. The molecule has 0 amide bonds. The van der Waals surface area contributed by atoms with Gasteiger partial charge in [-0.15, -0.1) is 11.3 Å². The van der Waals surface area contributed by atoms with Gasteiger partial charge in [0.05, 0.1) is 5.39 Å². The number of thiophene rings is 1. The molecule has 0 bridgehead atoms. The van der Waals surface area contributed by atoms with Gasteiger partial charge < -0.3 is 5.32 Å². The second kappa shape index (κ2) is 5.45. The van der Waals surface area contributed by atoms with Crippen LogP contribution < -0.4 is 5.32 Å². The Morgan fingerprint density at radius 2 is 2.12 bits per heavy atom. The molecule has 3 nitrogen and oxygen atoms in total. The Kier molecular flexibility index (Phi) is 3.94. The van der Waals surface area contributed by atoms with E-state index in [1.807, 2.05) is 0 Å². The van der Waals surface area contributed by atoms with E-state index in [2.05, 4.69) is 41.4 Å². The van der Waals surface area contributed by atoms with Crippen molar-refractivity contribution in [1.29, 1.82) is 0 Å². The van der Waals surface area contributed by atoms with Gasteiger partial charge in [0.25, 0.3) is 0 Å². The normalized spacial score (nSPS) is 11.0. The van der Waals surface area contributed by atoms with E-state index in [1.54, 1.807) is 11.3 Å². The zero-order valence-corrected chi connectivity index (χ0v) is 11.5. The number of anilines is 1. The molecule has 0 aliphatic rings. The van der Waals surface area contributed by atoms with Crippen LogP contribution in [-0.4, -0.2) is 16.5 Å². The average molecular weight is 249 g/mol. The van der Waals surface area contributed by atoms with Gasteiger partial charge in [0.1, 0.15) is 16.5 Å². The predicted octanol–water partition coefficient (Wildman–Crippen LogP) is 3.77. The minimum Gasteiger partial charge on any atom is -0.369 e. The van der Waals surface area contributed by atoms with E-state index in [-0.39, 0.29) is 0 Å². The number of unbranched alkanes of at least 4 members (excludes halogenated alkanes) is 1. The highest BCUT2D eigenvalue weighted by Gasteiger charge is 2.10. The van der Waals surface area contributed by atoms with Crippen molar-refractivity contribution in [3.05, 3.63) is 16.8 Å². The maximum Gasteiger partial charge on any atom is 0.138 e. The Morgan fingerprint density at radius 3 is 2.82 bits per heavy atom. The van der Waals surface area contributed by atoms with Crippen LogP contribution >= 0.6 is 11.3 Å². The molecule has 92 valence electrons. The van der Waals surface area contributed by atoms with Crippen LogP contribution in [0.4, 0.5) is 5.82 Å². The molecule has 0 spiro atoms. The van der Waals surface area contributed by atoms with E-state index < -0.39 is 0 Å². The summed E-state index contributed by atoms with van der Waals surface area (Å²) in [7, 11) is 0. The summed E-state index contributed by atoms with van der Waals surface area (Å²) in [6, 6.07) is 0. The lowest BCUT2D eigenvalue weighted by molar-refractivity contribution is 0.829. The van der Waals surface area contributed by atoms with E-state index >= 15 is 0 Å². The Bertz CT molecular complexity index is 505. The van der Waals surface area contributed by atoms with Crippen LogP contribution in [0.5, 0.6) is 0 Å². The average Bonchev–Trinajstić information content (AvgIpc) is 2.71. The zero-order chi connectivity index (χ0) is 12.3. The molecule has 0 unspecified atom stereocenters. The zero-order valence-electron chi connectivity index (χ0n) is 10.7. The maximum absolute atomic E-state index is 4.61. The molecule has 0 atom stereocenters. The topological polar surface area (TPSA) is 37.8 Å². The Hall–Kier alpha value is -1.16. The largest absolute Gasteiger partial charge is 0.369 e. The van der Waals surface area contributed by atoms with Crippen molar-refractivity contribution in [2.45, 2.75) is 40.0 Å². The predicted molar refractivity (Wildman–Crippen MR) is 74.9 cm³/mol. The molecule has 2 aromatic heterocycles. The summed E-state index contributed by atoms with van der Waals surface area (Å²) in [4.78, 5) is 10.3. The summed E-state index contributed by atoms with van der Waals surface area (Å²) < 4.78 is 0. The van der Waals surface area contributed by atoms with Crippen molar-refractivity contribution in [3.8, 4) is 0 Å². The molecule has 17 heavy (non-hydrogen) atoms. The van der Waals surface area contributed by atoms with Crippen molar-refractivity contribution in [1.82, 2.24) is 9.97 Å². The summed E-state index contributed by atoms with van der Waals surface area (Å²) in [6.07, 6.45) is 3.26. The monoisotopic (exact) mass is 249 g/mol. The molecule has 0 radical (unpaired) electrons. The SMILES string of the molecule is CCCCNc1nc(CC)nc2scc(C)c12. The van der Waals surface area contributed by atoms with Gasteiger partial charge in [-0.25, -0.2) is 9.97 Å². The molecule has 0 saturated carbocycles. The Balaban J connectivity index is 2.38. The Morgan fingerprint density at radius 1 is 1.29 bits per heavy atom. The van der Waals surface area contributed by atoms with Crippen LogP contribution in [0.1, 0.15) is 38.1 Å². The number of hydrogen-bond acceptors (Lipinski definition) is 4. The number of nitrogens with zero attached hydrogens (tertiary/aromatic N) is 2. The molecule has 2 heterocycles. The molecular formula is C13H19N3S. The second-order valence-corrected chi connectivity index (χ2v) is 5.08. The first-order chi connectivity index (χ1) is 8.26. The van der Waals surface area contributed by atoms with Crippen LogP contribution in [-0.2, 0) is 6.42 Å². The van der Waals surface area contributed by atoms with Gasteiger partial charge in [0, 0.05) is 13.0 Å². The van der Waals surface area contributed by atoms with E-state index in [4.69, 9.17) is 0 Å². The maximum atomic E-state index is 4.61. The number of aryl methyl sites for hydroxylation is 2. The number of fused-ring (bicyclic) bond motifs is 1. The van der Waals surface area contributed by atoms with Crippen molar-refractivity contribution in [2.24, 2.45) is 0 Å². The minimum absolute atomic E-state index is 0.884. The molecule has 0 fully saturated rings. The van der Waals surface area contributed by atoms with Crippen molar-refractivity contribution in [2.75, 3.05) is 11.9 Å². The van der Waals surface area contributed by atoms with Gasteiger partial charge in [-0.3, -0.25) is 0 Å². The number of aromatic nitrogens is 2. The van der Waals surface area contributed by atoms with E-state index in [1.165, 1.54) is 23.8 Å². The van der Waals surface area contributed by atoms with Gasteiger partial charge in [-0.1, -0.05) is 20.3 Å². The summed E-state index contributed by atoms with van der Waals surface area (Å²) in [5.41, 5.74) is 1.27. The number of nitrogens with one attached hydrogen (secondary N) is 1. The van der Waals surface area contributed by atoms with Crippen LogP contribution in [0.2, 0.25) is 0 Å². The fourth-order valence-corrected chi connectivity index (χ4v) is 2.74. The standard InChI is InChI=1S/C13H19N3S/c1-4-6-7-14-12-11-9(3)8-17-13(11)16-10(5-2)15-12/h8H,4-7H2,1-3H3,(H,14,15,16). The molecule has 0 saturated heterocycles. The third-order valence-corrected chi connectivity index (χ3v) is 3.79. The first-order valence-corrected chi connectivity index (χ1v) is 7.12. The molecule has 0 aliphatic carbocycles. The van der Waals surface area contributed by atoms with Gasteiger partial charge in [0.2, 0.25) is 0 Å². The van der Waals surface area contributed by atoms with Gasteiger partial charge in [0.15, 0.2) is 0 Å². The van der Waals surface area contributed by atoms with Crippen molar-refractivity contribution in [3.63, 3.8) is 0 Å². The Labute approximate surface area is 106 Å². The summed E-state index contributed by atoms with van der Waals surface area (Å²) >= 11 is 1.71. The highest BCUT2D eigenvalue weighted by Crippen LogP contribution is 2.29. The van der Waals surface area contributed by atoms with E-state index in [0.29, 0.717) is 0 Å². The molecular weight excluding hydrogens is 230 g/mol. The quantitative estimate of drug-likeness (QED) is 0.820. The summed E-state index contributed by atoms with van der Waals surface area (Å²) in [5, 5.41) is 6.80. The molecule has 2 aromatic rings. The van der Waals surface area contributed by atoms with E-state index in [9.17, 15) is 0 Å². The summed E-state index contributed by atoms with van der Waals surface area (Å²) in [5.74, 6) is 1.94. The molecule has 4 heteroatoms. The van der Waals surface area contributed by atoms with Crippen molar-refractivity contribution >= 4 is 27.4 Å². The highest BCUT2D eigenvalue weighted by molar-refractivity contribution is 7.17. The molecule has 0 aromatic carbocycles. The van der Waals surface area contributed by atoms with Gasteiger partial charge in [-0.2, -0.15) is 0 Å². The number of hydrogen-bond donors (Lipinski definition) is 1. The van der Waals surface area contributed by atoms with E-state index in [0.717, 1.165) is 29.4 Å². The first kappa shape index (κ1) is 12.3. The first-order valence-electron chi connectivity index (χ1n) is 6.24. The van der Waals surface area contributed by atoms with Crippen LogP contribution in [0, 0.1) is 6.92 Å². The van der Waals surface area contributed by atoms with Crippen LogP contribution in [0.25, 0.3) is 10.2 Å². The second-order valence-electron chi connectivity index (χ2n) is 4.22. The fourth-order valence-electron chi connectivity index (χ4n) is 1.80. The lowest BCUT2D eigenvalue weighted by Crippen LogP contribution is -2.06. The smallest absolute Gasteiger partial charge is 0.138 e. The van der Waals surface area contributed by atoms with Gasteiger partial charge >= 0.3 is 0 Å². The van der Waals surface area contributed by atoms with Crippen LogP contribution in [0.15, 0.2) is 5.38 Å². The minimum atomic E-state index is 0.884. The molecule has 2 rings (SSSR count). The summed E-state index contributed by atoms with van der Waals surface area (Å²) in [6.45, 7) is 7.40. The molecule has 1 N–H and O–H groups in total. The molecule has 0 aliphatic heterocycles. The fraction of sp³-hybridized carbons (Fsp3) is 0.538. The van der Waals surface area contributed by atoms with Gasteiger partial charge in [-0.05, 0) is 24.3 Å².